The topological polar surface area (TPSA) is 109 Å². The van der Waals surface area contributed by atoms with E-state index in [2.05, 4.69) is 95.6 Å². The van der Waals surface area contributed by atoms with Gasteiger partial charge in [-0.05, 0) is 59.0 Å². The van der Waals surface area contributed by atoms with E-state index >= 15 is 0 Å². The highest BCUT2D eigenvalue weighted by Crippen LogP contribution is 2.45. The average Bonchev–Trinajstić information content (AvgIpc) is 2.95. The van der Waals surface area contributed by atoms with Gasteiger partial charge in [0, 0.05) is 28.3 Å². The molecule has 3 aromatic carbocycles. The summed E-state index contributed by atoms with van der Waals surface area (Å²) in [6, 6.07) is 35.1. The summed E-state index contributed by atoms with van der Waals surface area (Å²) < 4.78 is 36.4. The van der Waals surface area contributed by atoms with Crippen molar-refractivity contribution >= 4 is 0 Å². The van der Waals surface area contributed by atoms with Gasteiger partial charge in [-0.25, -0.2) is 18.6 Å². The molecular formula is C32H25ClN2O4. The van der Waals surface area contributed by atoms with Crippen LogP contribution in [0, 0.1) is 10.2 Å². The Hall–Kier alpha value is -3.91. The van der Waals surface area contributed by atoms with Gasteiger partial charge in [0.25, 0.3) is 0 Å². The van der Waals surface area contributed by atoms with Crippen molar-refractivity contribution in [2.75, 3.05) is 0 Å². The van der Waals surface area contributed by atoms with Gasteiger partial charge in [0.15, 0.2) is 0 Å². The van der Waals surface area contributed by atoms with Crippen LogP contribution in [0.3, 0.4) is 0 Å². The van der Waals surface area contributed by atoms with Gasteiger partial charge in [-0.2, -0.15) is 4.57 Å². The van der Waals surface area contributed by atoms with Crippen LogP contribution in [0.25, 0.3) is 39.5 Å². The Balaban J connectivity index is 0.000000510. The number of rotatable bonds is 2. The van der Waals surface area contributed by atoms with Crippen molar-refractivity contribution in [3.05, 3.63) is 126 Å². The normalized spacial score (nSPS) is 13.2. The molecule has 5 aromatic rings. The Kier molecular flexibility index (Phi) is 6.73. The SMILES string of the molecule is [O-][Cl+3]([O-])([O-])[O-].c1ccc(-c2c3c([n+](-c4ccccn4)c4c2CCc2ccccc2-4)-c2ccccc2CC3)cc1. The number of aryl methyl sites for hydroxylation is 2. The molecule has 0 radical (unpaired) electrons. The molecule has 2 aliphatic carbocycles. The van der Waals surface area contributed by atoms with Gasteiger partial charge in [0.2, 0.25) is 0 Å². The molecule has 0 aliphatic heterocycles. The summed E-state index contributed by atoms with van der Waals surface area (Å²) >= 11 is 0. The van der Waals surface area contributed by atoms with E-state index in [4.69, 9.17) is 23.6 Å². The summed E-state index contributed by atoms with van der Waals surface area (Å²) in [5.74, 6) is 0.989. The summed E-state index contributed by atoms with van der Waals surface area (Å²) in [5, 5.41) is 0. The van der Waals surface area contributed by atoms with Gasteiger partial charge in [-0.15, -0.1) is 10.2 Å². The molecule has 2 aromatic heterocycles. The van der Waals surface area contributed by atoms with E-state index < -0.39 is 10.2 Å². The molecule has 2 heterocycles. The van der Waals surface area contributed by atoms with Gasteiger partial charge >= 0.3 is 5.82 Å². The zero-order valence-corrected chi connectivity index (χ0v) is 21.8. The average molecular weight is 537 g/mol. The first kappa shape index (κ1) is 25.4. The first-order valence-electron chi connectivity index (χ1n) is 12.8. The van der Waals surface area contributed by atoms with Crippen molar-refractivity contribution in [2.45, 2.75) is 25.7 Å². The van der Waals surface area contributed by atoms with Crippen LogP contribution in [0.1, 0.15) is 22.3 Å². The molecular weight excluding hydrogens is 512 g/mol. The van der Waals surface area contributed by atoms with E-state index in [1.165, 1.54) is 55.9 Å². The highest BCUT2D eigenvalue weighted by molar-refractivity contribution is 5.85. The van der Waals surface area contributed by atoms with E-state index in [0.717, 1.165) is 31.5 Å². The van der Waals surface area contributed by atoms with E-state index in [0.29, 0.717) is 0 Å². The van der Waals surface area contributed by atoms with E-state index in [-0.39, 0.29) is 0 Å². The van der Waals surface area contributed by atoms with Gasteiger partial charge in [0.1, 0.15) is 17.6 Å². The van der Waals surface area contributed by atoms with E-state index in [9.17, 15) is 0 Å². The number of benzene rings is 3. The quantitative estimate of drug-likeness (QED) is 0.320. The van der Waals surface area contributed by atoms with Crippen LogP contribution in [-0.4, -0.2) is 4.98 Å². The maximum Gasteiger partial charge on any atom is 0.328 e. The van der Waals surface area contributed by atoms with Crippen LogP contribution >= 0.6 is 0 Å². The lowest BCUT2D eigenvalue weighted by molar-refractivity contribution is -2.00. The zero-order chi connectivity index (χ0) is 27.0. The lowest BCUT2D eigenvalue weighted by Gasteiger charge is -2.30. The maximum atomic E-state index is 8.49. The van der Waals surface area contributed by atoms with Gasteiger partial charge in [-0.1, -0.05) is 84.9 Å². The monoisotopic (exact) mass is 536 g/mol. The van der Waals surface area contributed by atoms with Crippen LogP contribution in [0.2, 0.25) is 0 Å². The van der Waals surface area contributed by atoms with Crippen molar-refractivity contribution in [3.63, 3.8) is 0 Å². The lowest BCUT2D eigenvalue weighted by Crippen LogP contribution is -2.68. The molecule has 194 valence electrons. The van der Waals surface area contributed by atoms with Crippen LogP contribution < -0.4 is 23.2 Å². The number of aromatic nitrogens is 2. The fraction of sp³-hybridized carbons (Fsp3) is 0.125. The lowest BCUT2D eigenvalue weighted by atomic mass is 9.77. The minimum atomic E-state index is -4.94. The Morgan fingerprint density at radius 2 is 1.05 bits per heavy atom. The molecule has 6 nitrogen and oxygen atoms in total. The van der Waals surface area contributed by atoms with Gasteiger partial charge in [0.05, 0.1) is 0 Å². The summed E-state index contributed by atoms with van der Waals surface area (Å²) in [5.41, 5.74) is 13.8. The second kappa shape index (κ2) is 10.3. The molecule has 7 heteroatoms. The predicted octanol–water partition coefficient (Wildman–Crippen LogP) is 1.80. The molecule has 0 spiro atoms. The third-order valence-electron chi connectivity index (χ3n) is 7.40. The minimum Gasteiger partial charge on any atom is -0.222 e. The molecule has 0 atom stereocenters. The Morgan fingerprint density at radius 1 is 0.564 bits per heavy atom. The standard InChI is InChI=1S/C32H25N2.ClHO4/c1-2-12-24(13-3-1)30-27-19-17-22-10-4-6-14-25(22)31(27)34(29-16-8-9-21-33-29)32-26-15-7-5-11-23(26)18-20-28(30)32;2-1(3,4)5/h1-16,21H,17-20H2;(H,2,3,4,5)/q+1;/p-1. The van der Waals surface area contributed by atoms with Crippen LogP contribution in [-0.2, 0) is 25.7 Å². The number of hydrogen-bond donors (Lipinski definition) is 0. The highest BCUT2D eigenvalue weighted by Gasteiger charge is 2.36. The maximum absolute atomic E-state index is 8.49. The third-order valence-corrected chi connectivity index (χ3v) is 7.40. The third kappa shape index (κ3) is 4.96. The van der Waals surface area contributed by atoms with E-state index in [1.54, 1.807) is 0 Å². The molecule has 0 N–H and O–H groups in total. The highest BCUT2D eigenvalue weighted by atomic mass is 35.7. The molecule has 0 bridgehead atoms. The summed E-state index contributed by atoms with van der Waals surface area (Å²) in [7, 11) is -4.94. The molecule has 0 unspecified atom stereocenters. The molecule has 2 aliphatic rings. The number of halogens is 1. The molecule has 0 saturated carbocycles. The summed E-state index contributed by atoms with van der Waals surface area (Å²) in [6.45, 7) is 0. The molecule has 0 saturated heterocycles. The molecule has 0 amide bonds. The van der Waals surface area contributed by atoms with Crippen molar-refractivity contribution in [3.8, 4) is 39.5 Å². The van der Waals surface area contributed by atoms with E-state index in [1.807, 2.05) is 12.3 Å². The molecule has 0 fully saturated rings. The summed E-state index contributed by atoms with van der Waals surface area (Å²) in [4.78, 5) is 4.88. The first-order chi connectivity index (χ1) is 18.9. The van der Waals surface area contributed by atoms with Crippen molar-refractivity contribution in [2.24, 2.45) is 0 Å². The number of hydrogen-bond acceptors (Lipinski definition) is 5. The van der Waals surface area contributed by atoms with Gasteiger partial charge < -0.3 is 0 Å². The van der Waals surface area contributed by atoms with Crippen LogP contribution in [0.15, 0.2) is 103 Å². The Bertz CT molecular complexity index is 1570. The Morgan fingerprint density at radius 3 is 1.56 bits per heavy atom. The Labute approximate surface area is 228 Å². The van der Waals surface area contributed by atoms with Crippen LogP contribution in [0.5, 0.6) is 0 Å². The van der Waals surface area contributed by atoms with Crippen molar-refractivity contribution in [1.29, 1.82) is 0 Å². The number of pyridine rings is 2. The van der Waals surface area contributed by atoms with Crippen molar-refractivity contribution in [1.82, 2.24) is 4.98 Å². The number of nitrogens with zero attached hydrogens (tertiary/aromatic N) is 2. The number of fused-ring (bicyclic) bond motifs is 6. The molecule has 39 heavy (non-hydrogen) atoms. The zero-order valence-electron chi connectivity index (χ0n) is 21.0. The minimum absolute atomic E-state index is 0.989. The second-order valence-corrected chi connectivity index (χ2v) is 10.4. The predicted molar refractivity (Wildman–Crippen MR) is 137 cm³/mol. The second-order valence-electron chi connectivity index (χ2n) is 9.61. The van der Waals surface area contributed by atoms with Crippen LogP contribution in [0.4, 0.5) is 0 Å². The van der Waals surface area contributed by atoms with Crippen molar-refractivity contribution < 1.29 is 33.4 Å². The summed E-state index contributed by atoms with van der Waals surface area (Å²) in [6.07, 6.45) is 6.13. The fourth-order valence-electron chi connectivity index (χ4n) is 5.98. The fourth-order valence-corrected chi connectivity index (χ4v) is 5.98. The first-order valence-corrected chi connectivity index (χ1v) is 14.0. The molecule has 7 rings (SSSR count). The largest absolute Gasteiger partial charge is 0.328 e. The smallest absolute Gasteiger partial charge is 0.222 e. The van der Waals surface area contributed by atoms with Gasteiger partial charge in [-0.3, -0.25) is 0 Å².